The fraction of sp³-hybridized carbons (Fsp3) is 0.633. The van der Waals surface area contributed by atoms with Gasteiger partial charge in [0.2, 0.25) is 0 Å². The highest BCUT2D eigenvalue weighted by Crippen LogP contribution is 2.18. The Bertz CT molecular complexity index is 2690. The molecule has 6 rings (SSSR count). The number of aryl methyl sites for hydroxylation is 9. The molecular formula is C60H97BrN12O11. The lowest BCUT2D eigenvalue weighted by Crippen LogP contribution is -2.14. The quantitative estimate of drug-likeness (QED) is 0.0143. The van der Waals surface area contributed by atoms with Gasteiger partial charge in [0.1, 0.15) is 17.1 Å². The average Bonchev–Trinajstić information content (AvgIpc) is 4.57. The van der Waals surface area contributed by atoms with Crippen LogP contribution in [0.3, 0.4) is 0 Å². The summed E-state index contributed by atoms with van der Waals surface area (Å²) in [6, 6.07) is 8.90. The molecule has 0 saturated heterocycles. The minimum atomic E-state index is -0.933. The van der Waals surface area contributed by atoms with Gasteiger partial charge in [-0.25, -0.2) is 19.4 Å². The van der Waals surface area contributed by atoms with Gasteiger partial charge in [-0.05, 0) is 130 Å². The fourth-order valence-corrected chi connectivity index (χ4v) is 7.99. The molecule has 0 spiro atoms. The van der Waals surface area contributed by atoms with E-state index in [0.29, 0.717) is 61.9 Å². The number of aromatic amines is 2. The summed E-state index contributed by atoms with van der Waals surface area (Å²) >= 11 is 3.19. The van der Waals surface area contributed by atoms with Gasteiger partial charge in [0.15, 0.2) is 11.5 Å². The Kier molecular flexibility index (Phi) is 39.6. The van der Waals surface area contributed by atoms with Gasteiger partial charge in [0, 0.05) is 84.7 Å². The van der Waals surface area contributed by atoms with Crippen LogP contribution in [0.15, 0.2) is 42.9 Å². The number of halogens is 1. The monoisotopic (exact) mass is 1240 g/mol. The molecule has 0 unspecified atom stereocenters. The molecule has 0 radical (unpaired) electrons. The number of Topliss-reactive ketones (excluding diaryl/α,β-unsaturated/α-hetero) is 1. The molecule has 0 atom stereocenters. The zero-order valence-corrected chi connectivity index (χ0v) is 53.6. The standard InChI is InChI=1S/C14H22N4O.C14H24N2O3.C13H21BrN2O2.C12H20N2O3.C7H10N2O2/c1-3-4-7-19-8-5-6-18-14(9-12(2)17-18)13-10-15-11-16-13;1-4-6-9-18-10-7-8-16-13(11-12(3)15-16)14(17)19-5-2;1-3-4-7-18-8-5-6-16-12(13(17)10-14)9-11(2)15-16;1-3-4-7-17-8-5-6-14-11(12(15)16)9-10(2)13-14;1-3-11-7(10)6-4-5(2)8-9-6/h9-11H,3-8H2,1-2H3,(H,15,16);11H,4-10H2,1-3H3;9H,3-8,10H2,1-2H3;9H,3-8H2,1-2H3,(H,15,16);4H,3H2,1-2H3,(H,8,9). The van der Waals surface area contributed by atoms with Crippen LogP contribution in [0, 0.1) is 34.6 Å². The second kappa shape index (κ2) is 45.1. The molecule has 23 nitrogen and oxygen atoms in total. The number of carbonyl (C=O) groups is 4. The van der Waals surface area contributed by atoms with E-state index in [1.54, 1.807) is 54.7 Å². The third kappa shape index (κ3) is 30.5. The maximum Gasteiger partial charge on any atom is 0.358 e. The number of carboxylic acids is 1. The molecule has 3 N–H and O–H groups in total. The van der Waals surface area contributed by atoms with Crippen molar-refractivity contribution in [3.05, 3.63) is 94.1 Å². The highest BCUT2D eigenvalue weighted by atomic mass is 79.9. The first-order chi connectivity index (χ1) is 40.6. The van der Waals surface area contributed by atoms with E-state index in [-0.39, 0.29) is 23.4 Å². The Morgan fingerprint density at radius 3 is 1.31 bits per heavy atom. The minimum Gasteiger partial charge on any atom is -0.477 e. The van der Waals surface area contributed by atoms with Crippen LogP contribution >= 0.6 is 15.9 Å². The molecule has 6 heterocycles. The number of nitrogens with zero attached hydrogens (tertiary/aromatic N) is 10. The number of carboxylic acid groups (broad SMARTS) is 1. The van der Waals surface area contributed by atoms with Crippen molar-refractivity contribution < 1.29 is 52.7 Å². The lowest BCUT2D eigenvalue weighted by Gasteiger charge is -2.07. The molecule has 0 fully saturated rings. The molecule has 0 aromatic carbocycles. The summed E-state index contributed by atoms with van der Waals surface area (Å²) in [6.07, 6.45) is 16.0. The normalized spacial score (nSPS) is 10.7. The number of hydrogen-bond acceptors (Lipinski definition) is 16. The van der Waals surface area contributed by atoms with Gasteiger partial charge < -0.3 is 38.5 Å². The Balaban J connectivity index is 0.000000362. The van der Waals surface area contributed by atoms with Gasteiger partial charge in [-0.1, -0.05) is 69.3 Å². The smallest absolute Gasteiger partial charge is 0.358 e. The number of hydrogen-bond donors (Lipinski definition) is 3. The predicted octanol–water partition coefficient (Wildman–Crippen LogP) is 11.3. The topological polar surface area (TPSA) is 273 Å². The molecule has 0 saturated carbocycles. The Morgan fingerprint density at radius 1 is 0.512 bits per heavy atom. The number of imidazole rings is 1. The zero-order chi connectivity index (χ0) is 61.9. The number of nitrogens with one attached hydrogen (secondary N) is 2. The zero-order valence-electron chi connectivity index (χ0n) is 52.0. The van der Waals surface area contributed by atoms with E-state index in [1.807, 2.05) is 44.6 Å². The predicted molar refractivity (Wildman–Crippen MR) is 327 cm³/mol. The van der Waals surface area contributed by atoms with Crippen molar-refractivity contribution in [2.75, 3.05) is 71.4 Å². The van der Waals surface area contributed by atoms with Crippen LogP contribution in [0.5, 0.6) is 0 Å². The van der Waals surface area contributed by atoms with Gasteiger partial charge >= 0.3 is 17.9 Å². The van der Waals surface area contributed by atoms with E-state index < -0.39 is 5.97 Å². The number of esters is 2. The van der Waals surface area contributed by atoms with E-state index in [0.717, 1.165) is 163 Å². The Labute approximate surface area is 505 Å². The second-order valence-corrected chi connectivity index (χ2v) is 20.1. The van der Waals surface area contributed by atoms with E-state index in [9.17, 15) is 19.2 Å². The van der Waals surface area contributed by atoms with Crippen LogP contribution < -0.4 is 0 Å². The lowest BCUT2D eigenvalue weighted by molar-refractivity contribution is 0.0504. The number of rotatable bonds is 36. The van der Waals surface area contributed by atoms with Gasteiger partial charge in [-0.2, -0.15) is 25.5 Å². The van der Waals surface area contributed by atoms with Gasteiger partial charge in [0.05, 0.1) is 65.2 Å². The summed E-state index contributed by atoms with van der Waals surface area (Å²) < 4.78 is 38.7. The first-order valence-corrected chi connectivity index (χ1v) is 30.9. The summed E-state index contributed by atoms with van der Waals surface area (Å²) in [5, 5.41) is 33.0. The Hall–Kier alpha value is -6.34. The molecule has 24 heteroatoms. The van der Waals surface area contributed by atoms with Crippen molar-refractivity contribution >= 4 is 39.6 Å². The van der Waals surface area contributed by atoms with Crippen molar-refractivity contribution in [1.29, 1.82) is 0 Å². The molecule has 0 aliphatic rings. The number of aromatic nitrogens is 12. The number of unbranched alkanes of at least 4 members (excludes halogenated alkanes) is 4. The molecule has 470 valence electrons. The summed E-state index contributed by atoms with van der Waals surface area (Å²) in [5.74, 6) is -1.55. The number of ether oxygens (including phenoxy) is 6. The summed E-state index contributed by atoms with van der Waals surface area (Å²) in [7, 11) is 0. The highest BCUT2D eigenvalue weighted by molar-refractivity contribution is 9.09. The SMILES string of the molecule is CCCCOCCCn1nc(C)cc1-c1cnc[nH]1.CCCCOCCCn1nc(C)cc1C(=O)CBr.CCCCOCCCn1nc(C)cc1C(=O)O.CCCCOCCCn1nc(C)cc1C(=O)OCC.CCOC(=O)c1cc(C)[nH]n1. The molecule has 84 heavy (non-hydrogen) atoms. The summed E-state index contributed by atoms with van der Waals surface area (Å²) in [6.45, 7) is 31.3. The lowest BCUT2D eigenvalue weighted by atomic mass is 10.3. The number of carbonyl (C=O) groups excluding carboxylic acids is 3. The molecular weight excluding hydrogens is 1140 g/mol. The van der Waals surface area contributed by atoms with Crippen LogP contribution in [0.2, 0.25) is 0 Å². The van der Waals surface area contributed by atoms with Crippen molar-refractivity contribution in [2.45, 2.75) is 179 Å². The van der Waals surface area contributed by atoms with E-state index in [4.69, 9.17) is 33.5 Å². The third-order valence-corrected chi connectivity index (χ3v) is 12.4. The van der Waals surface area contributed by atoms with E-state index >= 15 is 0 Å². The number of ketones is 1. The number of alkyl halides is 1. The second-order valence-electron chi connectivity index (χ2n) is 19.6. The van der Waals surface area contributed by atoms with Gasteiger partial charge in [-0.15, -0.1) is 0 Å². The molecule has 6 aromatic rings. The summed E-state index contributed by atoms with van der Waals surface area (Å²) in [5.41, 5.74) is 8.20. The van der Waals surface area contributed by atoms with Crippen LogP contribution in [0.1, 0.15) is 189 Å². The van der Waals surface area contributed by atoms with Crippen LogP contribution in [0.4, 0.5) is 0 Å². The Morgan fingerprint density at radius 2 is 0.905 bits per heavy atom. The largest absolute Gasteiger partial charge is 0.477 e. The molecule has 6 aromatic heterocycles. The fourth-order valence-electron chi connectivity index (χ4n) is 7.70. The van der Waals surface area contributed by atoms with Crippen LogP contribution in [-0.4, -0.2) is 159 Å². The first-order valence-electron chi connectivity index (χ1n) is 29.7. The highest BCUT2D eigenvalue weighted by Gasteiger charge is 2.16. The van der Waals surface area contributed by atoms with Gasteiger partial charge in [0.25, 0.3) is 0 Å². The number of aromatic carboxylic acids is 1. The maximum absolute atomic E-state index is 11.7. The average molecular weight is 1240 g/mol. The number of H-pyrrole nitrogens is 2. The van der Waals surface area contributed by atoms with Crippen molar-refractivity contribution in [3.63, 3.8) is 0 Å². The maximum atomic E-state index is 11.7. The summed E-state index contributed by atoms with van der Waals surface area (Å²) in [4.78, 5) is 52.5. The van der Waals surface area contributed by atoms with E-state index in [1.165, 1.54) is 11.1 Å². The van der Waals surface area contributed by atoms with Crippen LogP contribution in [-0.2, 0) is 54.6 Å². The van der Waals surface area contributed by atoms with E-state index in [2.05, 4.69) is 90.3 Å². The van der Waals surface area contributed by atoms with Crippen LogP contribution in [0.25, 0.3) is 11.4 Å². The first kappa shape index (κ1) is 73.8. The molecule has 0 aliphatic heterocycles. The molecule has 0 aliphatic carbocycles. The van der Waals surface area contributed by atoms with Gasteiger partial charge in [-0.3, -0.25) is 28.6 Å². The van der Waals surface area contributed by atoms with Crippen molar-refractivity contribution in [3.8, 4) is 11.4 Å². The minimum absolute atomic E-state index is 0.0718. The molecule has 0 bridgehead atoms. The molecule has 0 amide bonds. The van der Waals surface area contributed by atoms with Crippen molar-refractivity contribution in [2.24, 2.45) is 0 Å². The van der Waals surface area contributed by atoms with Crippen molar-refractivity contribution in [1.82, 2.24) is 59.3 Å². The third-order valence-electron chi connectivity index (χ3n) is 11.9.